The van der Waals surface area contributed by atoms with Gasteiger partial charge in [0.05, 0.1) is 16.9 Å². The molecule has 0 unspecified atom stereocenters. The van der Waals surface area contributed by atoms with Crippen LogP contribution in [0.2, 0.25) is 0 Å². The summed E-state index contributed by atoms with van der Waals surface area (Å²) in [5.74, 6) is -0.277. The van der Waals surface area contributed by atoms with Crippen LogP contribution in [-0.4, -0.2) is 69.1 Å². The van der Waals surface area contributed by atoms with Crippen LogP contribution in [-0.2, 0) is 6.54 Å². The third kappa shape index (κ3) is 4.69. The number of H-pyrrole nitrogens is 1. The predicted molar refractivity (Wildman–Crippen MR) is 129 cm³/mol. The molecule has 0 saturated carbocycles. The number of nitrogens with one attached hydrogen (secondary N) is 2. The summed E-state index contributed by atoms with van der Waals surface area (Å²) in [5.41, 5.74) is 11.0. The van der Waals surface area contributed by atoms with Crippen molar-refractivity contribution >= 4 is 28.2 Å². The number of benzene rings is 1. The van der Waals surface area contributed by atoms with Crippen molar-refractivity contribution in [3.63, 3.8) is 0 Å². The van der Waals surface area contributed by atoms with Gasteiger partial charge in [0.2, 0.25) is 0 Å². The Morgan fingerprint density at radius 1 is 1.09 bits per heavy atom. The van der Waals surface area contributed by atoms with Crippen molar-refractivity contribution < 1.29 is 4.79 Å². The van der Waals surface area contributed by atoms with Gasteiger partial charge in [0.1, 0.15) is 0 Å². The molecule has 1 amide bonds. The number of carbonyl (C=O) groups excluding carboxylic acids is 1. The minimum absolute atomic E-state index is 0.277. The van der Waals surface area contributed by atoms with Crippen molar-refractivity contribution in [1.82, 2.24) is 30.0 Å². The highest BCUT2D eigenvalue weighted by Gasteiger charge is 2.17. The summed E-state index contributed by atoms with van der Waals surface area (Å²) in [4.78, 5) is 26.4. The van der Waals surface area contributed by atoms with Gasteiger partial charge in [-0.15, -0.1) is 0 Å². The van der Waals surface area contributed by atoms with Gasteiger partial charge in [0.25, 0.3) is 5.91 Å². The molecule has 4 heterocycles. The number of hydrogen-bond acceptors (Lipinski definition) is 7. The van der Waals surface area contributed by atoms with Crippen LogP contribution >= 0.6 is 0 Å². The van der Waals surface area contributed by atoms with E-state index in [1.807, 2.05) is 30.3 Å². The van der Waals surface area contributed by atoms with Crippen LogP contribution < -0.4 is 11.1 Å². The van der Waals surface area contributed by atoms with E-state index in [4.69, 9.17) is 5.73 Å². The largest absolute Gasteiger partial charge is 0.397 e. The zero-order valence-electron chi connectivity index (χ0n) is 18.5. The van der Waals surface area contributed by atoms with Crippen LogP contribution in [0.15, 0.2) is 55.0 Å². The molecular formula is C24H26N8O. The number of nitrogens with two attached hydrogens (primary N) is 1. The maximum absolute atomic E-state index is 13.1. The maximum atomic E-state index is 13.1. The highest BCUT2D eigenvalue weighted by molar-refractivity contribution is 6.11. The first-order valence-electron chi connectivity index (χ1n) is 10.9. The molecule has 1 aliphatic heterocycles. The van der Waals surface area contributed by atoms with Gasteiger partial charge in [-0.3, -0.25) is 24.8 Å². The Morgan fingerprint density at radius 3 is 2.76 bits per heavy atom. The molecule has 0 spiro atoms. The van der Waals surface area contributed by atoms with Crippen molar-refractivity contribution in [1.29, 1.82) is 0 Å². The number of anilines is 2. The molecule has 168 valence electrons. The molecule has 4 N–H and O–H groups in total. The SMILES string of the molecule is CN1CCN(Cc2cc(NC(=O)c3n[nH]c4ccc(-c5cncc(N)c5)cc34)ccn2)CC1. The Labute approximate surface area is 191 Å². The van der Waals surface area contributed by atoms with E-state index < -0.39 is 0 Å². The maximum Gasteiger partial charge on any atom is 0.276 e. The molecule has 0 radical (unpaired) electrons. The molecular weight excluding hydrogens is 416 g/mol. The number of carbonyl (C=O) groups is 1. The second-order valence-corrected chi connectivity index (χ2v) is 8.41. The summed E-state index contributed by atoms with van der Waals surface area (Å²) in [6, 6.07) is 11.4. The number of pyridine rings is 2. The summed E-state index contributed by atoms with van der Waals surface area (Å²) in [6.45, 7) is 4.89. The average molecular weight is 443 g/mol. The molecule has 0 aliphatic carbocycles. The molecule has 9 heteroatoms. The fourth-order valence-corrected chi connectivity index (χ4v) is 4.05. The predicted octanol–water partition coefficient (Wildman–Crippen LogP) is 2.60. The van der Waals surface area contributed by atoms with Crippen LogP contribution in [0.3, 0.4) is 0 Å². The average Bonchev–Trinajstić information content (AvgIpc) is 3.24. The standard InChI is InChI=1S/C24H26N8O/c1-31-6-8-32(9-7-31)15-20-12-19(4-5-27-20)28-24(33)23-21-11-16(2-3-22(21)29-30-23)17-10-18(25)14-26-13-17/h2-5,10-14H,6-9,15,25H2,1H3,(H,29,30)(H,27,28,33). The number of fused-ring (bicyclic) bond motifs is 1. The van der Waals surface area contributed by atoms with E-state index in [-0.39, 0.29) is 5.91 Å². The lowest BCUT2D eigenvalue weighted by Gasteiger charge is -2.32. The Balaban J connectivity index is 1.34. The van der Waals surface area contributed by atoms with E-state index in [2.05, 4.69) is 42.3 Å². The van der Waals surface area contributed by atoms with Crippen LogP contribution in [0, 0.1) is 0 Å². The van der Waals surface area contributed by atoms with Crippen LogP contribution in [0.4, 0.5) is 11.4 Å². The second kappa shape index (κ2) is 8.97. The van der Waals surface area contributed by atoms with Crippen molar-refractivity contribution in [2.45, 2.75) is 6.54 Å². The summed E-state index contributed by atoms with van der Waals surface area (Å²) in [5, 5.41) is 10.9. The molecule has 5 rings (SSSR count). The minimum atomic E-state index is -0.277. The van der Waals surface area contributed by atoms with E-state index in [1.165, 1.54) is 0 Å². The number of hydrogen-bond donors (Lipinski definition) is 3. The third-order valence-corrected chi connectivity index (χ3v) is 5.93. The molecule has 4 aromatic rings. The monoisotopic (exact) mass is 442 g/mol. The quantitative estimate of drug-likeness (QED) is 0.435. The number of nitrogen functional groups attached to an aromatic ring is 1. The number of nitrogens with zero attached hydrogens (tertiary/aromatic N) is 5. The van der Waals surface area contributed by atoms with Gasteiger partial charge in [0, 0.05) is 68.0 Å². The van der Waals surface area contributed by atoms with E-state index >= 15 is 0 Å². The smallest absolute Gasteiger partial charge is 0.276 e. The van der Waals surface area contributed by atoms with Crippen LogP contribution in [0.1, 0.15) is 16.2 Å². The number of aromatic nitrogens is 4. The molecule has 1 fully saturated rings. The van der Waals surface area contributed by atoms with Crippen molar-refractivity contribution in [2.75, 3.05) is 44.3 Å². The number of likely N-dealkylation sites (N-methyl/N-ethyl adjacent to an activating group) is 1. The van der Waals surface area contributed by atoms with Gasteiger partial charge in [0.15, 0.2) is 5.69 Å². The summed E-state index contributed by atoms with van der Waals surface area (Å²) in [7, 11) is 2.14. The van der Waals surface area contributed by atoms with E-state index in [9.17, 15) is 4.79 Å². The first-order valence-corrected chi connectivity index (χ1v) is 10.9. The second-order valence-electron chi connectivity index (χ2n) is 8.41. The number of aromatic amines is 1. The fraction of sp³-hybridized carbons (Fsp3) is 0.250. The van der Waals surface area contributed by atoms with Gasteiger partial charge >= 0.3 is 0 Å². The minimum Gasteiger partial charge on any atom is -0.397 e. The first-order chi connectivity index (χ1) is 16.0. The van der Waals surface area contributed by atoms with Crippen molar-refractivity contribution in [3.8, 4) is 11.1 Å². The molecule has 1 aliphatic rings. The lowest BCUT2D eigenvalue weighted by molar-refractivity contribution is 0.102. The first kappa shape index (κ1) is 21.0. The molecule has 1 saturated heterocycles. The Morgan fingerprint density at radius 2 is 1.94 bits per heavy atom. The van der Waals surface area contributed by atoms with Gasteiger partial charge in [-0.25, -0.2) is 0 Å². The molecule has 33 heavy (non-hydrogen) atoms. The Bertz CT molecular complexity index is 1290. The van der Waals surface area contributed by atoms with Gasteiger partial charge in [-0.2, -0.15) is 5.10 Å². The van der Waals surface area contributed by atoms with Gasteiger partial charge in [-0.05, 0) is 42.9 Å². The van der Waals surface area contributed by atoms with E-state index in [0.29, 0.717) is 17.1 Å². The zero-order valence-corrected chi connectivity index (χ0v) is 18.5. The summed E-state index contributed by atoms with van der Waals surface area (Å²) in [6.07, 6.45) is 5.08. The van der Waals surface area contributed by atoms with Crippen molar-refractivity contribution in [3.05, 3.63) is 66.4 Å². The van der Waals surface area contributed by atoms with Gasteiger partial charge in [-0.1, -0.05) is 6.07 Å². The Hall–Kier alpha value is -3.82. The van der Waals surface area contributed by atoms with Gasteiger partial charge < -0.3 is 16.0 Å². The topological polar surface area (TPSA) is 116 Å². The normalized spacial score (nSPS) is 15.1. The molecule has 3 aromatic heterocycles. The van der Waals surface area contributed by atoms with E-state index in [0.717, 1.165) is 60.4 Å². The summed E-state index contributed by atoms with van der Waals surface area (Å²) >= 11 is 0. The molecule has 0 atom stereocenters. The lowest BCUT2D eigenvalue weighted by atomic mass is 10.0. The van der Waals surface area contributed by atoms with E-state index in [1.54, 1.807) is 24.7 Å². The number of rotatable bonds is 5. The highest BCUT2D eigenvalue weighted by atomic mass is 16.1. The van der Waals surface area contributed by atoms with Crippen LogP contribution in [0.25, 0.3) is 22.0 Å². The summed E-state index contributed by atoms with van der Waals surface area (Å²) < 4.78 is 0. The number of amides is 1. The Kier molecular flexibility index (Phi) is 5.72. The number of piperazine rings is 1. The third-order valence-electron chi connectivity index (χ3n) is 5.93. The molecule has 1 aromatic carbocycles. The zero-order chi connectivity index (χ0) is 22.8. The van der Waals surface area contributed by atoms with Crippen molar-refractivity contribution in [2.24, 2.45) is 0 Å². The highest BCUT2D eigenvalue weighted by Crippen LogP contribution is 2.26. The molecule has 9 nitrogen and oxygen atoms in total. The fourth-order valence-electron chi connectivity index (χ4n) is 4.05. The molecule has 0 bridgehead atoms. The lowest BCUT2D eigenvalue weighted by Crippen LogP contribution is -2.44. The van der Waals surface area contributed by atoms with Crippen LogP contribution in [0.5, 0.6) is 0 Å².